The standard InChI is InChI=1S/C23H22ClN3O/c24-17-9-11-18(12-10-17)27-23(28-14-13-16-5-1-2-6-16)20-15-25-21-8-4-3-7-19(21)22(20)26-27/h3-4,7-12,15-16H,1-2,5-6,13-14H2. The van der Waals surface area contributed by atoms with Gasteiger partial charge in [0.2, 0.25) is 5.88 Å². The van der Waals surface area contributed by atoms with Gasteiger partial charge in [0, 0.05) is 16.6 Å². The Morgan fingerprint density at radius 2 is 1.79 bits per heavy atom. The minimum Gasteiger partial charge on any atom is -0.477 e. The number of pyridine rings is 1. The van der Waals surface area contributed by atoms with Crippen molar-refractivity contribution in [2.75, 3.05) is 6.61 Å². The third kappa shape index (κ3) is 3.22. The summed E-state index contributed by atoms with van der Waals surface area (Å²) in [7, 11) is 0. The molecule has 5 heteroatoms. The Morgan fingerprint density at radius 3 is 2.61 bits per heavy atom. The SMILES string of the molecule is Clc1ccc(-n2nc3c(cnc4ccccc43)c2OCCC2CCCC2)cc1. The molecule has 5 rings (SSSR count). The molecule has 0 N–H and O–H groups in total. The second-order valence-electron chi connectivity index (χ2n) is 7.52. The molecule has 0 unspecified atom stereocenters. The van der Waals surface area contributed by atoms with Crippen LogP contribution in [0.15, 0.2) is 54.7 Å². The predicted octanol–water partition coefficient (Wildman–Crippen LogP) is 6.19. The Bertz CT molecular complexity index is 1110. The van der Waals surface area contributed by atoms with E-state index in [9.17, 15) is 0 Å². The van der Waals surface area contributed by atoms with E-state index >= 15 is 0 Å². The lowest BCUT2D eigenvalue weighted by Gasteiger charge is -2.12. The fraction of sp³-hybridized carbons (Fsp3) is 0.304. The van der Waals surface area contributed by atoms with Crippen molar-refractivity contribution in [2.24, 2.45) is 5.92 Å². The molecule has 1 aliphatic carbocycles. The number of fused-ring (bicyclic) bond motifs is 3. The van der Waals surface area contributed by atoms with Crippen LogP contribution in [0.2, 0.25) is 5.02 Å². The van der Waals surface area contributed by atoms with Gasteiger partial charge in [0.25, 0.3) is 0 Å². The Balaban J connectivity index is 1.58. The molecule has 0 radical (unpaired) electrons. The number of rotatable bonds is 5. The molecule has 28 heavy (non-hydrogen) atoms. The van der Waals surface area contributed by atoms with Gasteiger partial charge >= 0.3 is 0 Å². The molecular formula is C23H22ClN3O. The van der Waals surface area contributed by atoms with E-state index in [1.54, 1.807) is 0 Å². The molecule has 2 aromatic heterocycles. The molecule has 2 aromatic carbocycles. The molecule has 0 atom stereocenters. The summed E-state index contributed by atoms with van der Waals surface area (Å²) >= 11 is 6.08. The number of ether oxygens (including phenoxy) is 1. The number of halogens is 1. The van der Waals surface area contributed by atoms with E-state index < -0.39 is 0 Å². The van der Waals surface area contributed by atoms with Crippen molar-refractivity contribution in [3.05, 3.63) is 59.8 Å². The molecule has 4 aromatic rings. The van der Waals surface area contributed by atoms with E-state index in [1.807, 2.05) is 53.3 Å². The van der Waals surface area contributed by atoms with E-state index in [2.05, 4.69) is 11.1 Å². The maximum absolute atomic E-state index is 6.31. The van der Waals surface area contributed by atoms with Crippen molar-refractivity contribution in [1.82, 2.24) is 14.8 Å². The van der Waals surface area contributed by atoms with E-state index in [0.717, 1.165) is 45.7 Å². The zero-order chi connectivity index (χ0) is 18.9. The first-order chi connectivity index (χ1) is 13.8. The fourth-order valence-corrected chi connectivity index (χ4v) is 4.29. The zero-order valence-electron chi connectivity index (χ0n) is 15.6. The topological polar surface area (TPSA) is 39.9 Å². The minimum atomic E-state index is 0.700. The molecule has 0 amide bonds. The van der Waals surface area contributed by atoms with Gasteiger partial charge in [-0.05, 0) is 42.7 Å². The molecule has 142 valence electrons. The van der Waals surface area contributed by atoms with Crippen LogP contribution in [-0.4, -0.2) is 21.4 Å². The largest absolute Gasteiger partial charge is 0.477 e. The van der Waals surface area contributed by atoms with Gasteiger partial charge in [0.05, 0.1) is 23.2 Å². The average Bonchev–Trinajstić information content (AvgIpc) is 3.37. The summed E-state index contributed by atoms with van der Waals surface area (Å²) in [5.41, 5.74) is 2.78. The van der Waals surface area contributed by atoms with Crippen molar-refractivity contribution in [2.45, 2.75) is 32.1 Å². The quantitative estimate of drug-likeness (QED) is 0.407. The highest BCUT2D eigenvalue weighted by atomic mass is 35.5. The molecule has 4 nitrogen and oxygen atoms in total. The van der Waals surface area contributed by atoms with Crippen molar-refractivity contribution >= 4 is 33.4 Å². The lowest BCUT2D eigenvalue weighted by Crippen LogP contribution is -2.07. The highest BCUT2D eigenvalue weighted by molar-refractivity contribution is 6.30. The fourth-order valence-electron chi connectivity index (χ4n) is 4.17. The van der Waals surface area contributed by atoms with Gasteiger partial charge in [-0.3, -0.25) is 4.98 Å². The van der Waals surface area contributed by atoms with Gasteiger partial charge in [-0.1, -0.05) is 55.5 Å². The van der Waals surface area contributed by atoms with Crippen LogP contribution < -0.4 is 4.74 Å². The molecule has 1 saturated carbocycles. The van der Waals surface area contributed by atoms with Crippen molar-refractivity contribution in [3.63, 3.8) is 0 Å². The lowest BCUT2D eigenvalue weighted by molar-refractivity contribution is 0.266. The third-order valence-corrected chi connectivity index (χ3v) is 5.93. The van der Waals surface area contributed by atoms with E-state index in [1.165, 1.54) is 25.7 Å². The van der Waals surface area contributed by atoms with Gasteiger partial charge in [-0.2, -0.15) is 9.78 Å². The lowest BCUT2D eigenvalue weighted by atomic mass is 10.1. The first-order valence-corrected chi connectivity index (χ1v) is 10.3. The van der Waals surface area contributed by atoms with Gasteiger partial charge in [-0.15, -0.1) is 0 Å². The molecule has 1 aliphatic rings. The van der Waals surface area contributed by atoms with Crippen LogP contribution in [0.1, 0.15) is 32.1 Å². The van der Waals surface area contributed by atoms with Gasteiger partial charge in [0.15, 0.2) is 0 Å². The van der Waals surface area contributed by atoms with Crippen LogP contribution in [-0.2, 0) is 0 Å². The normalized spacial score (nSPS) is 14.9. The maximum Gasteiger partial charge on any atom is 0.226 e. The van der Waals surface area contributed by atoms with Crippen LogP contribution in [0.3, 0.4) is 0 Å². The first-order valence-electron chi connectivity index (χ1n) is 9.95. The highest BCUT2D eigenvalue weighted by Gasteiger charge is 2.19. The van der Waals surface area contributed by atoms with Crippen LogP contribution in [0, 0.1) is 5.92 Å². The second kappa shape index (κ2) is 7.44. The summed E-state index contributed by atoms with van der Waals surface area (Å²) < 4.78 is 8.19. The molecule has 0 saturated heterocycles. The molecule has 0 aliphatic heterocycles. The molecular weight excluding hydrogens is 370 g/mol. The van der Waals surface area contributed by atoms with E-state index in [4.69, 9.17) is 21.4 Å². The highest BCUT2D eigenvalue weighted by Crippen LogP contribution is 2.33. The number of hydrogen-bond acceptors (Lipinski definition) is 3. The number of hydrogen-bond donors (Lipinski definition) is 0. The Labute approximate surface area is 169 Å². The van der Waals surface area contributed by atoms with Crippen LogP contribution in [0.25, 0.3) is 27.5 Å². The van der Waals surface area contributed by atoms with Crippen LogP contribution in [0.5, 0.6) is 5.88 Å². The Morgan fingerprint density at radius 1 is 1.00 bits per heavy atom. The Hall–Kier alpha value is -2.59. The molecule has 1 fully saturated rings. The van der Waals surface area contributed by atoms with Crippen LogP contribution >= 0.6 is 11.6 Å². The van der Waals surface area contributed by atoms with Gasteiger partial charge < -0.3 is 4.74 Å². The number of aromatic nitrogens is 3. The Kier molecular flexibility index (Phi) is 4.65. The van der Waals surface area contributed by atoms with Crippen molar-refractivity contribution in [1.29, 1.82) is 0 Å². The van der Waals surface area contributed by atoms with E-state index in [0.29, 0.717) is 11.6 Å². The smallest absolute Gasteiger partial charge is 0.226 e. The van der Waals surface area contributed by atoms with Gasteiger partial charge in [0.1, 0.15) is 5.52 Å². The van der Waals surface area contributed by atoms with E-state index in [-0.39, 0.29) is 0 Å². The molecule has 2 heterocycles. The summed E-state index contributed by atoms with van der Waals surface area (Å²) in [5.74, 6) is 1.55. The predicted molar refractivity (Wildman–Crippen MR) is 113 cm³/mol. The van der Waals surface area contributed by atoms with Gasteiger partial charge in [-0.25, -0.2) is 0 Å². The average molecular weight is 392 g/mol. The summed E-state index contributed by atoms with van der Waals surface area (Å²) in [6.45, 7) is 0.700. The first kappa shape index (κ1) is 17.5. The molecule has 0 bridgehead atoms. The third-order valence-electron chi connectivity index (χ3n) is 5.68. The second-order valence-corrected chi connectivity index (χ2v) is 7.96. The number of para-hydroxylation sites is 1. The summed E-state index contributed by atoms with van der Waals surface area (Å²) in [4.78, 5) is 4.62. The number of nitrogens with zero attached hydrogens (tertiary/aromatic N) is 3. The number of benzene rings is 2. The van der Waals surface area contributed by atoms with Crippen molar-refractivity contribution < 1.29 is 4.74 Å². The summed E-state index contributed by atoms with van der Waals surface area (Å²) in [6.07, 6.45) is 8.33. The zero-order valence-corrected chi connectivity index (χ0v) is 16.4. The van der Waals surface area contributed by atoms with Crippen molar-refractivity contribution in [3.8, 4) is 11.6 Å². The molecule has 0 spiro atoms. The monoisotopic (exact) mass is 391 g/mol. The summed E-state index contributed by atoms with van der Waals surface area (Å²) in [6, 6.07) is 15.8. The summed E-state index contributed by atoms with van der Waals surface area (Å²) in [5, 5.41) is 7.58. The van der Waals surface area contributed by atoms with Crippen LogP contribution in [0.4, 0.5) is 0 Å². The maximum atomic E-state index is 6.31. The minimum absolute atomic E-state index is 0.700.